The van der Waals surface area contributed by atoms with Gasteiger partial charge in [0.1, 0.15) is 0 Å². The van der Waals surface area contributed by atoms with E-state index in [2.05, 4.69) is 19.2 Å². The fourth-order valence-corrected chi connectivity index (χ4v) is 2.97. The van der Waals surface area contributed by atoms with Crippen LogP contribution in [0.2, 0.25) is 5.02 Å². The molecule has 1 saturated carbocycles. The highest BCUT2D eigenvalue weighted by molar-refractivity contribution is 6.31. The summed E-state index contributed by atoms with van der Waals surface area (Å²) in [5.41, 5.74) is 0.539. The summed E-state index contributed by atoms with van der Waals surface area (Å²) >= 11 is 5.80. The third-order valence-electron chi connectivity index (χ3n) is 3.97. The number of halogens is 2. The predicted octanol–water partition coefficient (Wildman–Crippen LogP) is 5.11. The maximum absolute atomic E-state index is 13.8. The Morgan fingerprint density at radius 2 is 2.11 bits per heavy atom. The summed E-state index contributed by atoms with van der Waals surface area (Å²) in [7, 11) is 0. The molecule has 0 spiro atoms. The van der Waals surface area contributed by atoms with Gasteiger partial charge in [0.05, 0.1) is 10.7 Å². The highest BCUT2D eigenvalue weighted by Crippen LogP contribution is 2.32. The fraction of sp³-hybridized carbons (Fsp3) is 0.600. The van der Waals surface area contributed by atoms with Crippen LogP contribution >= 0.6 is 11.6 Å². The van der Waals surface area contributed by atoms with Gasteiger partial charge in [-0.2, -0.15) is 0 Å². The lowest BCUT2D eigenvalue weighted by molar-refractivity contribution is 0.264. The van der Waals surface area contributed by atoms with Crippen LogP contribution in [0.4, 0.5) is 10.1 Å². The van der Waals surface area contributed by atoms with Crippen molar-refractivity contribution in [2.75, 3.05) is 5.32 Å². The molecule has 0 aromatic heterocycles. The van der Waals surface area contributed by atoms with Crippen molar-refractivity contribution in [3.05, 3.63) is 29.0 Å². The van der Waals surface area contributed by atoms with Crippen molar-refractivity contribution < 1.29 is 4.39 Å². The maximum Gasteiger partial charge on any atom is 0.164 e. The second-order valence-corrected chi connectivity index (χ2v) is 6.02. The molecular weight excluding hydrogens is 249 g/mol. The molecule has 1 fully saturated rings. The Morgan fingerprint density at radius 3 is 2.83 bits per heavy atom. The van der Waals surface area contributed by atoms with Crippen LogP contribution < -0.4 is 5.32 Å². The summed E-state index contributed by atoms with van der Waals surface area (Å²) in [5.74, 6) is 1.13. The molecule has 1 aliphatic rings. The number of rotatable bonds is 3. The molecule has 18 heavy (non-hydrogen) atoms. The standard InChI is InChI=1S/C15H21ClFN/c1-10(2)11-5-3-6-12(9-11)18-14-8-4-7-13(16)15(14)17/h4,7-8,10-12,18H,3,5-6,9H2,1-2H3. The van der Waals surface area contributed by atoms with Crippen molar-refractivity contribution in [2.45, 2.75) is 45.6 Å². The molecule has 1 aromatic carbocycles. The quantitative estimate of drug-likeness (QED) is 0.804. The number of benzene rings is 1. The third-order valence-corrected chi connectivity index (χ3v) is 4.26. The Morgan fingerprint density at radius 1 is 1.33 bits per heavy atom. The van der Waals surface area contributed by atoms with Crippen molar-refractivity contribution in [3.63, 3.8) is 0 Å². The van der Waals surface area contributed by atoms with Crippen LogP contribution in [-0.4, -0.2) is 6.04 Å². The van der Waals surface area contributed by atoms with Crippen molar-refractivity contribution in [1.29, 1.82) is 0 Å². The Kier molecular flexibility index (Phi) is 4.50. The van der Waals surface area contributed by atoms with E-state index in [1.54, 1.807) is 18.2 Å². The van der Waals surface area contributed by atoms with E-state index >= 15 is 0 Å². The highest BCUT2D eigenvalue weighted by atomic mass is 35.5. The topological polar surface area (TPSA) is 12.0 Å². The summed E-state index contributed by atoms with van der Waals surface area (Å²) in [5, 5.41) is 3.51. The summed E-state index contributed by atoms with van der Waals surface area (Å²) in [4.78, 5) is 0. The van der Waals surface area contributed by atoms with E-state index in [0.29, 0.717) is 17.6 Å². The van der Waals surface area contributed by atoms with Crippen LogP contribution in [0.25, 0.3) is 0 Å². The fourth-order valence-electron chi connectivity index (χ4n) is 2.80. The summed E-state index contributed by atoms with van der Waals surface area (Å²) < 4.78 is 13.8. The first-order valence-electron chi connectivity index (χ1n) is 6.78. The van der Waals surface area contributed by atoms with E-state index < -0.39 is 0 Å². The Bertz CT molecular complexity index is 405. The minimum absolute atomic E-state index is 0.191. The predicted molar refractivity (Wildman–Crippen MR) is 75.6 cm³/mol. The molecular formula is C15H21ClFN. The van der Waals surface area contributed by atoms with Crippen LogP contribution in [0.5, 0.6) is 0 Å². The van der Waals surface area contributed by atoms with E-state index in [1.165, 1.54) is 12.8 Å². The average Bonchev–Trinajstić information content (AvgIpc) is 2.35. The molecule has 2 atom stereocenters. The van der Waals surface area contributed by atoms with E-state index in [0.717, 1.165) is 18.8 Å². The van der Waals surface area contributed by atoms with Crippen LogP contribution in [0.3, 0.4) is 0 Å². The molecule has 0 bridgehead atoms. The summed E-state index contributed by atoms with van der Waals surface area (Å²) in [6.45, 7) is 4.54. The molecule has 100 valence electrons. The molecule has 1 aromatic rings. The first-order valence-corrected chi connectivity index (χ1v) is 7.16. The van der Waals surface area contributed by atoms with Gasteiger partial charge >= 0.3 is 0 Å². The van der Waals surface area contributed by atoms with Gasteiger partial charge in [0.2, 0.25) is 0 Å². The van der Waals surface area contributed by atoms with Crippen molar-refractivity contribution in [1.82, 2.24) is 0 Å². The van der Waals surface area contributed by atoms with Gasteiger partial charge in [0, 0.05) is 6.04 Å². The molecule has 2 unspecified atom stereocenters. The van der Waals surface area contributed by atoms with Crippen LogP contribution in [0, 0.1) is 17.7 Å². The van der Waals surface area contributed by atoms with Crippen LogP contribution in [0.1, 0.15) is 39.5 Å². The molecule has 0 heterocycles. The lowest BCUT2D eigenvalue weighted by Crippen LogP contribution is -2.29. The van der Waals surface area contributed by atoms with E-state index in [9.17, 15) is 4.39 Å². The summed E-state index contributed by atoms with van der Waals surface area (Å²) in [6, 6.07) is 5.51. The van der Waals surface area contributed by atoms with Gasteiger partial charge in [-0.05, 0) is 36.8 Å². The Balaban J connectivity index is 2.03. The maximum atomic E-state index is 13.8. The van der Waals surface area contributed by atoms with Crippen molar-refractivity contribution >= 4 is 17.3 Å². The van der Waals surface area contributed by atoms with Gasteiger partial charge in [-0.1, -0.05) is 44.4 Å². The lowest BCUT2D eigenvalue weighted by Gasteiger charge is -2.32. The Hall–Kier alpha value is -0.760. The second kappa shape index (κ2) is 5.92. The smallest absolute Gasteiger partial charge is 0.164 e. The minimum Gasteiger partial charge on any atom is -0.380 e. The average molecular weight is 270 g/mol. The minimum atomic E-state index is -0.328. The molecule has 1 aliphatic carbocycles. The van der Waals surface area contributed by atoms with Crippen molar-refractivity contribution in [3.8, 4) is 0 Å². The first-order chi connectivity index (χ1) is 8.58. The normalized spacial score (nSPS) is 24.3. The highest BCUT2D eigenvalue weighted by Gasteiger charge is 2.24. The molecule has 1 nitrogen and oxygen atoms in total. The SMILES string of the molecule is CC(C)C1CCCC(Nc2cccc(Cl)c2F)C1. The Labute approximate surface area is 114 Å². The van der Waals surface area contributed by atoms with Gasteiger partial charge in [0.25, 0.3) is 0 Å². The molecule has 2 rings (SSSR count). The molecule has 0 aliphatic heterocycles. The van der Waals surface area contributed by atoms with Crippen LogP contribution in [0.15, 0.2) is 18.2 Å². The largest absolute Gasteiger partial charge is 0.380 e. The second-order valence-electron chi connectivity index (χ2n) is 5.61. The van der Waals surface area contributed by atoms with Crippen LogP contribution in [-0.2, 0) is 0 Å². The zero-order valence-corrected chi connectivity index (χ0v) is 11.8. The molecule has 1 N–H and O–H groups in total. The first kappa shape index (κ1) is 13.7. The molecule has 0 radical (unpaired) electrons. The monoisotopic (exact) mass is 269 g/mol. The van der Waals surface area contributed by atoms with Gasteiger partial charge in [-0.3, -0.25) is 0 Å². The number of anilines is 1. The summed E-state index contributed by atoms with van der Waals surface area (Å²) in [6.07, 6.45) is 4.77. The number of hydrogen-bond donors (Lipinski definition) is 1. The van der Waals surface area contributed by atoms with E-state index in [1.807, 2.05) is 0 Å². The molecule has 0 amide bonds. The van der Waals surface area contributed by atoms with Gasteiger partial charge < -0.3 is 5.32 Å². The molecule has 3 heteroatoms. The molecule has 0 saturated heterocycles. The third kappa shape index (κ3) is 3.17. The van der Waals surface area contributed by atoms with Crippen molar-refractivity contribution in [2.24, 2.45) is 11.8 Å². The zero-order valence-electron chi connectivity index (χ0n) is 11.0. The zero-order chi connectivity index (χ0) is 13.1. The van der Waals surface area contributed by atoms with E-state index in [-0.39, 0.29) is 10.8 Å². The van der Waals surface area contributed by atoms with Gasteiger partial charge in [-0.25, -0.2) is 4.39 Å². The van der Waals surface area contributed by atoms with E-state index in [4.69, 9.17) is 11.6 Å². The van der Waals surface area contributed by atoms with Gasteiger partial charge in [-0.15, -0.1) is 0 Å². The van der Waals surface area contributed by atoms with Gasteiger partial charge in [0.15, 0.2) is 5.82 Å². The lowest BCUT2D eigenvalue weighted by atomic mass is 9.79. The number of hydrogen-bond acceptors (Lipinski definition) is 1. The number of nitrogens with one attached hydrogen (secondary N) is 1.